The second-order valence-corrected chi connectivity index (χ2v) is 4.78. The van der Waals surface area contributed by atoms with Gasteiger partial charge < -0.3 is 0 Å². The Morgan fingerprint density at radius 2 is 1.53 bits per heavy atom. The van der Waals surface area contributed by atoms with Crippen molar-refractivity contribution in [3.05, 3.63) is 71.8 Å². The fraction of sp³-hybridized carbons (Fsp3) is 0.278. The van der Waals surface area contributed by atoms with Crippen molar-refractivity contribution in [2.45, 2.75) is 32.7 Å². The van der Waals surface area contributed by atoms with E-state index in [4.69, 9.17) is 4.99 Å². The molecule has 0 amide bonds. The highest BCUT2D eigenvalue weighted by atomic mass is 14.8. The highest BCUT2D eigenvalue weighted by molar-refractivity contribution is 6.00. The summed E-state index contributed by atoms with van der Waals surface area (Å²) in [6, 6.07) is 21.2. The fourth-order valence-electron chi connectivity index (χ4n) is 2.19. The zero-order chi connectivity index (χ0) is 13.5. The first-order valence-electron chi connectivity index (χ1n) is 6.98. The zero-order valence-corrected chi connectivity index (χ0v) is 11.7. The molecule has 19 heavy (non-hydrogen) atoms. The van der Waals surface area contributed by atoms with Gasteiger partial charge in [-0.3, -0.25) is 4.99 Å². The Morgan fingerprint density at radius 3 is 2.11 bits per heavy atom. The van der Waals surface area contributed by atoms with E-state index in [0.717, 1.165) is 12.8 Å². The van der Waals surface area contributed by atoms with Gasteiger partial charge in [0.1, 0.15) is 0 Å². The van der Waals surface area contributed by atoms with Crippen molar-refractivity contribution in [1.29, 1.82) is 0 Å². The highest BCUT2D eigenvalue weighted by Gasteiger charge is 2.07. The molecule has 1 nitrogen and oxygen atoms in total. The molecule has 0 aliphatic rings. The topological polar surface area (TPSA) is 12.4 Å². The number of rotatable bonds is 5. The van der Waals surface area contributed by atoms with Crippen LogP contribution in [0.25, 0.3) is 0 Å². The van der Waals surface area contributed by atoms with Gasteiger partial charge in [-0.2, -0.15) is 0 Å². The van der Waals surface area contributed by atoms with Crippen molar-refractivity contribution in [2.75, 3.05) is 0 Å². The first-order valence-corrected chi connectivity index (χ1v) is 6.98. The van der Waals surface area contributed by atoms with E-state index < -0.39 is 0 Å². The SMILES string of the molecule is CCCC(=NC(C)c1ccccc1)c1ccccc1. The molecule has 0 radical (unpaired) electrons. The Bertz CT molecular complexity index is 514. The molecule has 0 fully saturated rings. The number of aliphatic imine (C=N–C) groups is 1. The van der Waals surface area contributed by atoms with E-state index in [9.17, 15) is 0 Å². The molecule has 0 heterocycles. The smallest absolute Gasteiger partial charge is 0.0724 e. The average Bonchev–Trinajstić information content (AvgIpc) is 2.48. The van der Waals surface area contributed by atoms with Gasteiger partial charge in [-0.1, -0.05) is 74.0 Å². The number of hydrogen-bond donors (Lipinski definition) is 0. The molecule has 2 aromatic rings. The summed E-state index contributed by atoms with van der Waals surface area (Å²) < 4.78 is 0. The van der Waals surface area contributed by atoms with Crippen LogP contribution < -0.4 is 0 Å². The van der Waals surface area contributed by atoms with Crippen molar-refractivity contribution in [1.82, 2.24) is 0 Å². The lowest BCUT2D eigenvalue weighted by Crippen LogP contribution is -2.03. The van der Waals surface area contributed by atoms with Crippen LogP contribution in [0.4, 0.5) is 0 Å². The Hall–Kier alpha value is -1.89. The van der Waals surface area contributed by atoms with Gasteiger partial charge in [0.2, 0.25) is 0 Å². The quantitative estimate of drug-likeness (QED) is 0.660. The summed E-state index contributed by atoms with van der Waals surface area (Å²) in [5.74, 6) is 0. The van der Waals surface area contributed by atoms with E-state index in [2.05, 4.69) is 62.4 Å². The standard InChI is InChI=1S/C18H21N/c1-3-10-18(17-13-8-5-9-14-17)19-15(2)16-11-6-4-7-12-16/h4-9,11-15H,3,10H2,1-2H3. The van der Waals surface area contributed by atoms with Gasteiger partial charge in [-0.05, 0) is 24.5 Å². The summed E-state index contributed by atoms with van der Waals surface area (Å²) in [5, 5.41) is 0. The fourth-order valence-corrected chi connectivity index (χ4v) is 2.19. The minimum absolute atomic E-state index is 0.211. The van der Waals surface area contributed by atoms with E-state index in [-0.39, 0.29) is 6.04 Å². The van der Waals surface area contributed by atoms with Crippen molar-refractivity contribution in [3.8, 4) is 0 Å². The van der Waals surface area contributed by atoms with Crippen LogP contribution >= 0.6 is 0 Å². The van der Waals surface area contributed by atoms with Crippen LogP contribution in [-0.4, -0.2) is 5.71 Å². The molecule has 1 unspecified atom stereocenters. The molecule has 2 rings (SSSR count). The van der Waals surface area contributed by atoms with E-state index >= 15 is 0 Å². The van der Waals surface area contributed by atoms with E-state index in [0.29, 0.717) is 0 Å². The van der Waals surface area contributed by atoms with Gasteiger partial charge in [0.25, 0.3) is 0 Å². The lowest BCUT2D eigenvalue weighted by molar-refractivity contribution is 0.810. The van der Waals surface area contributed by atoms with Gasteiger partial charge in [-0.15, -0.1) is 0 Å². The van der Waals surface area contributed by atoms with Crippen LogP contribution in [0.2, 0.25) is 0 Å². The van der Waals surface area contributed by atoms with E-state index in [1.807, 2.05) is 12.1 Å². The molecule has 0 aromatic heterocycles. The van der Waals surface area contributed by atoms with Gasteiger partial charge in [0.05, 0.1) is 6.04 Å². The lowest BCUT2D eigenvalue weighted by Gasteiger charge is -2.11. The molecule has 0 spiro atoms. The second kappa shape index (κ2) is 6.89. The first-order chi connectivity index (χ1) is 9.31. The number of benzene rings is 2. The molecular formula is C18H21N. The van der Waals surface area contributed by atoms with E-state index in [1.54, 1.807) is 0 Å². The summed E-state index contributed by atoms with van der Waals surface area (Å²) in [5.41, 5.74) is 3.72. The minimum Gasteiger partial charge on any atom is -0.281 e. The summed E-state index contributed by atoms with van der Waals surface area (Å²) in [6.45, 7) is 4.36. The number of hydrogen-bond acceptors (Lipinski definition) is 1. The zero-order valence-electron chi connectivity index (χ0n) is 11.7. The molecular weight excluding hydrogens is 230 g/mol. The molecule has 0 saturated carbocycles. The molecule has 0 aliphatic carbocycles. The summed E-state index contributed by atoms with van der Waals surface area (Å²) in [6.07, 6.45) is 2.15. The molecule has 0 aliphatic heterocycles. The summed E-state index contributed by atoms with van der Waals surface area (Å²) in [4.78, 5) is 4.92. The highest BCUT2D eigenvalue weighted by Crippen LogP contribution is 2.19. The average molecular weight is 251 g/mol. The normalized spacial score (nSPS) is 13.3. The van der Waals surface area contributed by atoms with Crippen LogP contribution in [-0.2, 0) is 0 Å². The Kier molecular flexibility index (Phi) is 4.91. The van der Waals surface area contributed by atoms with Gasteiger partial charge >= 0.3 is 0 Å². The molecule has 1 heteroatoms. The number of nitrogens with zero attached hydrogens (tertiary/aromatic N) is 1. The van der Waals surface area contributed by atoms with Crippen molar-refractivity contribution in [2.24, 2.45) is 4.99 Å². The predicted octanol–water partition coefficient (Wildman–Crippen LogP) is 5.04. The van der Waals surface area contributed by atoms with Crippen LogP contribution in [0.1, 0.15) is 43.9 Å². The second-order valence-electron chi connectivity index (χ2n) is 4.78. The Balaban J connectivity index is 2.26. The van der Waals surface area contributed by atoms with Crippen molar-refractivity contribution < 1.29 is 0 Å². The van der Waals surface area contributed by atoms with Gasteiger partial charge in [0.15, 0.2) is 0 Å². The van der Waals surface area contributed by atoms with Gasteiger partial charge in [0, 0.05) is 5.71 Å². The third-order valence-electron chi connectivity index (χ3n) is 3.23. The third-order valence-corrected chi connectivity index (χ3v) is 3.23. The molecule has 0 saturated heterocycles. The molecule has 98 valence electrons. The predicted molar refractivity (Wildman–Crippen MR) is 82.7 cm³/mol. The van der Waals surface area contributed by atoms with Crippen LogP contribution in [0.5, 0.6) is 0 Å². The third kappa shape index (κ3) is 3.78. The van der Waals surface area contributed by atoms with Crippen molar-refractivity contribution >= 4 is 5.71 Å². The largest absolute Gasteiger partial charge is 0.281 e. The van der Waals surface area contributed by atoms with Crippen LogP contribution in [0.15, 0.2) is 65.7 Å². The van der Waals surface area contributed by atoms with Crippen molar-refractivity contribution in [3.63, 3.8) is 0 Å². The van der Waals surface area contributed by atoms with E-state index in [1.165, 1.54) is 16.8 Å². The maximum absolute atomic E-state index is 4.92. The molecule has 0 N–H and O–H groups in total. The Morgan fingerprint density at radius 1 is 0.947 bits per heavy atom. The first kappa shape index (κ1) is 13.5. The van der Waals surface area contributed by atoms with Crippen LogP contribution in [0.3, 0.4) is 0 Å². The molecule has 0 bridgehead atoms. The Labute approximate surface area is 116 Å². The maximum atomic E-state index is 4.92. The minimum atomic E-state index is 0.211. The summed E-state index contributed by atoms with van der Waals surface area (Å²) >= 11 is 0. The molecule has 1 atom stereocenters. The maximum Gasteiger partial charge on any atom is 0.0724 e. The lowest BCUT2D eigenvalue weighted by atomic mass is 10.0. The monoisotopic (exact) mass is 251 g/mol. The molecule has 2 aromatic carbocycles. The summed E-state index contributed by atoms with van der Waals surface area (Å²) in [7, 11) is 0. The van der Waals surface area contributed by atoms with Gasteiger partial charge in [-0.25, -0.2) is 0 Å². The van der Waals surface area contributed by atoms with Crippen LogP contribution in [0, 0.1) is 0 Å².